The summed E-state index contributed by atoms with van der Waals surface area (Å²) < 4.78 is 0. The Kier molecular flexibility index (Phi) is 5.70. The molecule has 0 bridgehead atoms. The highest BCUT2D eigenvalue weighted by atomic mass is 16.2. The highest BCUT2D eigenvalue weighted by Gasteiger charge is 2.13. The van der Waals surface area contributed by atoms with Crippen molar-refractivity contribution in [3.8, 4) is 0 Å². The first kappa shape index (κ1) is 16.2. The fraction of sp³-hybridized carbons (Fsp3) is 0.368. The van der Waals surface area contributed by atoms with Crippen molar-refractivity contribution in [2.45, 2.75) is 39.2 Å². The average Bonchev–Trinajstić information content (AvgIpc) is 2.51. The average molecular weight is 297 g/mol. The summed E-state index contributed by atoms with van der Waals surface area (Å²) in [4.78, 5) is 23.0. The molecular weight excluding hydrogens is 274 g/mol. The van der Waals surface area contributed by atoms with Crippen molar-refractivity contribution in [3.05, 3.63) is 48.0 Å². The molecule has 0 spiro atoms. The van der Waals surface area contributed by atoms with Crippen LogP contribution in [-0.2, 0) is 16.0 Å². The lowest BCUT2D eigenvalue weighted by molar-refractivity contribution is -0.124. The first-order valence-electron chi connectivity index (χ1n) is 7.81. The van der Waals surface area contributed by atoms with E-state index in [1.165, 1.54) is 16.3 Å². The second kappa shape index (κ2) is 7.74. The Hall–Kier alpha value is -2.16. The predicted octanol–water partition coefficient (Wildman–Crippen LogP) is 3.50. The molecule has 0 saturated heterocycles. The summed E-state index contributed by atoms with van der Waals surface area (Å²) in [6.45, 7) is 4.08. The molecule has 1 amide bonds. The minimum Gasteiger partial charge on any atom is -0.347 e. The van der Waals surface area contributed by atoms with Crippen molar-refractivity contribution >= 4 is 23.0 Å². The smallest absolute Gasteiger partial charge is 0.220 e. The summed E-state index contributed by atoms with van der Waals surface area (Å²) in [5, 5.41) is 5.18. The molecule has 0 radical (unpaired) electrons. The van der Waals surface area contributed by atoms with Crippen LogP contribution in [-0.4, -0.2) is 18.2 Å². The molecule has 1 atom stereocenters. The fourth-order valence-electron chi connectivity index (χ4n) is 2.69. The third-order valence-corrected chi connectivity index (χ3v) is 3.74. The maximum absolute atomic E-state index is 12.0. The van der Waals surface area contributed by atoms with Crippen LogP contribution < -0.4 is 5.32 Å². The standard InChI is InChI=1S/C19H23NO2/c1-14(2)12-17(13-21)20-19(22)11-10-16-8-5-7-15-6-3-4-9-18(15)16/h3-9,13-14,17H,10-12H2,1-2H3,(H,20,22)/t17-/m0/s1. The number of nitrogens with one attached hydrogen (secondary N) is 1. The van der Waals surface area contributed by atoms with Gasteiger partial charge in [0, 0.05) is 6.42 Å². The van der Waals surface area contributed by atoms with Crippen molar-refractivity contribution in [2.75, 3.05) is 0 Å². The molecule has 3 nitrogen and oxygen atoms in total. The van der Waals surface area contributed by atoms with Gasteiger partial charge < -0.3 is 10.1 Å². The van der Waals surface area contributed by atoms with Crippen LogP contribution in [0.4, 0.5) is 0 Å². The van der Waals surface area contributed by atoms with Crippen LogP contribution in [0.5, 0.6) is 0 Å². The normalized spacial score (nSPS) is 12.3. The summed E-state index contributed by atoms with van der Waals surface area (Å²) in [5.41, 5.74) is 1.17. The van der Waals surface area contributed by atoms with E-state index in [1.807, 2.05) is 32.0 Å². The Bertz CT molecular complexity index is 643. The Labute approximate surface area is 131 Å². The van der Waals surface area contributed by atoms with Crippen LogP contribution in [0.1, 0.15) is 32.3 Å². The molecule has 0 unspecified atom stereocenters. The van der Waals surface area contributed by atoms with Crippen LogP contribution in [0.3, 0.4) is 0 Å². The van der Waals surface area contributed by atoms with Crippen LogP contribution in [0.25, 0.3) is 10.8 Å². The number of rotatable bonds is 7. The molecule has 3 heteroatoms. The quantitative estimate of drug-likeness (QED) is 0.795. The van der Waals surface area contributed by atoms with Crippen LogP contribution >= 0.6 is 0 Å². The Morgan fingerprint density at radius 2 is 1.86 bits per heavy atom. The number of benzene rings is 2. The fourth-order valence-corrected chi connectivity index (χ4v) is 2.69. The number of aldehydes is 1. The molecule has 0 aliphatic heterocycles. The van der Waals surface area contributed by atoms with Crippen LogP contribution in [0.15, 0.2) is 42.5 Å². The lowest BCUT2D eigenvalue weighted by Gasteiger charge is -2.15. The molecule has 2 aromatic rings. The van der Waals surface area contributed by atoms with E-state index in [1.54, 1.807) is 0 Å². The van der Waals surface area contributed by atoms with Gasteiger partial charge in [0.05, 0.1) is 6.04 Å². The first-order chi connectivity index (χ1) is 10.6. The van der Waals surface area contributed by atoms with E-state index in [4.69, 9.17) is 0 Å². The SMILES string of the molecule is CC(C)C[C@@H](C=O)NC(=O)CCc1cccc2ccccc12. The van der Waals surface area contributed by atoms with Gasteiger partial charge in [-0.15, -0.1) is 0 Å². The molecule has 2 rings (SSSR count). The molecule has 2 aromatic carbocycles. The van der Waals surface area contributed by atoms with E-state index in [0.717, 1.165) is 6.29 Å². The van der Waals surface area contributed by atoms with Crippen LogP contribution in [0, 0.1) is 5.92 Å². The van der Waals surface area contributed by atoms with Gasteiger partial charge in [0.15, 0.2) is 0 Å². The third-order valence-electron chi connectivity index (χ3n) is 3.74. The van der Waals surface area contributed by atoms with Gasteiger partial charge in [-0.25, -0.2) is 0 Å². The van der Waals surface area contributed by atoms with Gasteiger partial charge in [-0.05, 0) is 35.1 Å². The van der Waals surface area contributed by atoms with Gasteiger partial charge in [-0.3, -0.25) is 4.79 Å². The number of fused-ring (bicyclic) bond motifs is 1. The molecule has 0 heterocycles. The van der Waals surface area contributed by atoms with Crippen molar-refractivity contribution in [1.29, 1.82) is 0 Å². The maximum atomic E-state index is 12.0. The minimum absolute atomic E-state index is 0.0642. The van der Waals surface area contributed by atoms with E-state index in [-0.39, 0.29) is 11.9 Å². The van der Waals surface area contributed by atoms with Crippen LogP contribution in [0.2, 0.25) is 0 Å². The monoisotopic (exact) mass is 297 g/mol. The van der Waals surface area contributed by atoms with Gasteiger partial charge >= 0.3 is 0 Å². The topological polar surface area (TPSA) is 46.2 Å². The molecule has 0 aromatic heterocycles. The van der Waals surface area contributed by atoms with Gasteiger partial charge in [0.2, 0.25) is 5.91 Å². The number of amides is 1. The zero-order valence-corrected chi connectivity index (χ0v) is 13.2. The molecule has 0 saturated carbocycles. The summed E-state index contributed by atoms with van der Waals surface area (Å²) in [5.74, 6) is 0.319. The second-order valence-corrected chi connectivity index (χ2v) is 6.08. The van der Waals surface area contributed by atoms with E-state index < -0.39 is 0 Å². The number of hydrogen-bond donors (Lipinski definition) is 1. The van der Waals surface area contributed by atoms with Gasteiger partial charge in [0.1, 0.15) is 6.29 Å². The van der Waals surface area contributed by atoms with Crippen molar-refractivity contribution in [2.24, 2.45) is 5.92 Å². The summed E-state index contributed by atoms with van der Waals surface area (Å²) >= 11 is 0. The Morgan fingerprint density at radius 3 is 2.59 bits per heavy atom. The van der Waals surface area contributed by atoms with Gasteiger partial charge in [0.25, 0.3) is 0 Å². The molecule has 1 N–H and O–H groups in total. The van der Waals surface area contributed by atoms with Crippen molar-refractivity contribution < 1.29 is 9.59 Å². The summed E-state index contributed by atoms with van der Waals surface area (Å²) in [6.07, 6.45) is 2.59. The summed E-state index contributed by atoms with van der Waals surface area (Å²) in [7, 11) is 0. The second-order valence-electron chi connectivity index (χ2n) is 6.08. The Balaban J connectivity index is 1.96. The lowest BCUT2D eigenvalue weighted by atomic mass is 10.0. The summed E-state index contributed by atoms with van der Waals surface area (Å²) in [6, 6.07) is 13.9. The molecule has 0 aliphatic rings. The number of carbonyl (C=O) groups is 2. The van der Waals surface area contributed by atoms with E-state index in [2.05, 4.69) is 29.6 Å². The van der Waals surface area contributed by atoms with E-state index in [0.29, 0.717) is 25.2 Å². The van der Waals surface area contributed by atoms with Crippen molar-refractivity contribution in [1.82, 2.24) is 5.32 Å². The Morgan fingerprint density at radius 1 is 1.14 bits per heavy atom. The highest BCUT2D eigenvalue weighted by Crippen LogP contribution is 2.19. The number of hydrogen-bond acceptors (Lipinski definition) is 2. The maximum Gasteiger partial charge on any atom is 0.220 e. The zero-order valence-electron chi connectivity index (χ0n) is 13.2. The highest BCUT2D eigenvalue weighted by molar-refractivity contribution is 5.86. The minimum atomic E-state index is -0.375. The lowest BCUT2D eigenvalue weighted by Crippen LogP contribution is -2.37. The van der Waals surface area contributed by atoms with Gasteiger partial charge in [-0.2, -0.15) is 0 Å². The molecule has 116 valence electrons. The van der Waals surface area contributed by atoms with Gasteiger partial charge in [-0.1, -0.05) is 56.3 Å². The molecule has 0 fully saturated rings. The number of carbonyl (C=O) groups excluding carboxylic acids is 2. The third kappa shape index (κ3) is 4.42. The van der Waals surface area contributed by atoms with E-state index >= 15 is 0 Å². The first-order valence-corrected chi connectivity index (χ1v) is 7.81. The largest absolute Gasteiger partial charge is 0.347 e. The van der Waals surface area contributed by atoms with E-state index in [9.17, 15) is 9.59 Å². The predicted molar refractivity (Wildman–Crippen MR) is 89.7 cm³/mol. The molecular formula is C19H23NO2. The zero-order chi connectivity index (χ0) is 15.9. The number of aryl methyl sites for hydroxylation is 1. The molecule has 0 aliphatic carbocycles. The molecule has 22 heavy (non-hydrogen) atoms. The van der Waals surface area contributed by atoms with Crippen molar-refractivity contribution in [3.63, 3.8) is 0 Å².